The molecule has 0 aliphatic rings. The van der Waals surface area contributed by atoms with Gasteiger partial charge in [-0.3, -0.25) is 4.79 Å². The van der Waals surface area contributed by atoms with Gasteiger partial charge in [0.25, 0.3) is 5.91 Å². The Hall–Kier alpha value is -2.44. The Morgan fingerprint density at radius 1 is 1.36 bits per heavy atom. The smallest absolute Gasteiger partial charge is 0.264 e. The third-order valence-electron chi connectivity index (χ3n) is 4.06. The van der Waals surface area contributed by atoms with Crippen LogP contribution in [0.2, 0.25) is 0 Å². The van der Waals surface area contributed by atoms with E-state index in [0.717, 1.165) is 27.0 Å². The van der Waals surface area contributed by atoms with E-state index in [4.69, 9.17) is 10.5 Å². The molecule has 2 heterocycles. The second-order valence-electron chi connectivity index (χ2n) is 5.99. The number of pyridine rings is 1. The number of nitrogens with one attached hydrogen (secondary N) is 1. The third kappa shape index (κ3) is 3.50. The Kier molecular flexibility index (Phi) is 5.01. The molecule has 5 nitrogen and oxygen atoms in total. The predicted octanol–water partition coefficient (Wildman–Crippen LogP) is 3.82. The van der Waals surface area contributed by atoms with E-state index in [0.29, 0.717) is 17.2 Å². The van der Waals surface area contributed by atoms with Crippen molar-refractivity contribution >= 4 is 33.1 Å². The van der Waals surface area contributed by atoms with Gasteiger partial charge in [-0.05, 0) is 31.0 Å². The van der Waals surface area contributed by atoms with Crippen LogP contribution in [0.15, 0.2) is 36.4 Å². The van der Waals surface area contributed by atoms with Crippen molar-refractivity contribution in [2.75, 3.05) is 12.8 Å². The number of anilines is 1. The lowest BCUT2D eigenvalue weighted by atomic mass is 10.1. The number of ether oxygens (including phenoxy) is 1. The number of nitrogens with two attached hydrogens (primary N) is 1. The van der Waals surface area contributed by atoms with Crippen LogP contribution in [-0.2, 0) is 11.3 Å². The minimum absolute atomic E-state index is 0.105. The summed E-state index contributed by atoms with van der Waals surface area (Å²) in [6.45, 7) is 4.31. The number of fused-ring (bicyclic) bond motifs is 1. The molecule has 0 unspecified atom stereocenters. The number of carbonyl (C=O) groups is 1. The highest BCUT2D eigenvalue weighted by atomic mass is 32.1. The largest absolute Gasteiger partial charge is 0.397 e. The normalized spacial score (nSPS) is 12.3. The minimum atomic E-state index is -0.183. The number of hydrogen-bond acceptors (Lipinski definition) is 5. The maximum Gasteiger partial charge on any atom is 0.264 e. The van der Waals surface area contributed by atoms with Crippen LogP contribution in [0.25, 0.3) is 10.2 Å². The molecule has 3 aromatic rings. The first-order valence-corrected chi connectivity index (χ1v) is 8.86. The molecule has 0 aliphatic heterocycles. The van der Waals surface area contributed by atoms with Crippen molar-refractivity contribution in [3.63, 3.8) is 0 Å². The Balaban J connectivity index is 1.94. The molecule has 0 radical (unpaired) electrons. The van der Waals surface area contributed by atoms with Crippen LogP contribution >= 0.6 is 11.3 Å². The molecule has 3 N–H and O–H groups in total. The van der Waals surface area contributed by atoms with Crippen molar-refractivity contribution in [2.45, 2.75) is 26.5 Å². The van der Waals surface area contributed by atoms with Crippen molar-refractivity contribution in [1.29, 1.82) is 0 Å². The first-order chi connectivity index (χ1) is 12.0. The van der Waals surface area contributed by atoms with Gasteiger partial charge in [0.05, 0.1) is 18.3 Å². The molecule has 0 saturated carbocycles. The molecule has 3 rings (SSSR count). The zero-order chi connectivity index (χ0) is 18.0. The maximum absolute atomic E-state index is 12.7. The van der Waals surface area contributed by atoms with Crippen molar-refractivity contribution in [3.05, 3.63) is 58.1 Å². The summed E-state index contributed by atoms with van der Waals surface area (Å²) in [5, 5.41) is 3.83. The Morgan fingerprint density at radius 2 is 2.08 bits per heavy atom. The number of nitrogens with zero attached hydrogens (tertiary/aromatic N) is 1. The van der Waals surface area contributed by atoms with Gasteiger partial charge in [0.15, 0.2) is 0 Å². The molecule has 0 spiro atoms. The van der Waals surface area contributed by atoms with Gasteiger partial charge in [-0.2, -0.15) is 0 Å². The van der Waals surface area contributed by atoms with Crippen LogP contribution in [-0.4, -0.2) is 18.0 Å². The quantitative estimate of drug-likeness (QED) is 0.729. The Bertz CT molecular complexity index is 906. The van der Waals surface area contributed by atoms with Crippen LogP contribution in [0.1, 0.15) is 39.5 Å². The first kappa shape index (κ1) is 17.4. The topological polar surface area (TPSA) is 77.2 Å². The SMILES string of the molecule is COCc1cc(C)nc2sc(C(=O)N[C@@H](C)c3ccccc3)c(N)c12. The number of nitrogen functional groups attached to an aromatic ring is 1. The molecule has 0 aliphatic carbocycles. The van der Waals surface area contributed by atoms with E-state index < -0.39 is 0 Å². The molecule has 0 bridgehead atoms. The molecular formula is C19H21N3O2S. The molecule has 25 heavy (non-hydrogen) atoms. The summed E-state index contributed by atoms with van der Waals surface area (Å²) in [6.07, 6.45) is 0. The van der Waals surface area contributed by atoms with E-state index >= 15 is 0 Å². The average molecular weight is 355 g/mol. The molecule has 0 saturated heterocycles. The fourth-order valence-corrected chi connectivity index (χ4v) is 3.95. The first-order valence-electron chi connectivity index (χ1n) is 8.04. The summed E-state index contributed by atoms with van der Waals surface area (Å²) in [5.74, 6) is -0.183. The lowest BCUT2D eigenvalue weighted by Gasteiger charge is -2.13. The van der Waals surface area contributed by atoms with Crippen molar-refractivity contribution in [2.24, 2.45) is 0 Å². The van der Waals surface area contributed by atoms with Gasteiger partial charge in [0.1, 0.15) is 9.71 Å². The summed E-state index contributed by atoms with van der Waals surface area (Å²) in [6, 6.07) is 11.7. The third-order valence-corrected chi connectivity index (χ3v) is 5.16. The number of benzene rings is 1. The summed E-state index contributed by atoms with van der Waals surface area (Å²) in [4.78, 5) is 18.5. The summed E-state index contributed by atoms with van der Waals surface area (Å²) in [7, 11) is 1.64. The summed E-state index contributed by atoms with van der Waals surface area (Å²) >= 11 is 1.32. The van der Waals surface area contributed by atoms with E-state index in [9.17, 15) is 4.79 Å². The van der Waals surface area contributed by atoms with Crippen molar-refractivity contribution < 1.29 is 9.53 Å². The fraction of sp³-hybridized carbons (Fsp3) is 0.263. The second kappa shape index (κ2) is 7.21. The Morgan fingerprint density at radius 3 is 2.76 bits per heavy atom. The van der Waals surface area contributed by atoms with Gasteiger partial charge >= 0.3 is 0 Å². The summed E-state index contributed by atoms with van der Waals surface area (Å²) < 4.78 is 5.26. The van der Waals surface area contributed by atoms with Crippen molar-refractivity contribution in [1.82, 2.24) is 10.3 Å². The molecule has 1 aromatic carbocycles. The molecule has 6 heteroatoms. The highest BCUT2D eigenvalue weighted by molar-refractivity contribution is 7.21. The van der Waals surface area contributed by atoms with E-state index in [-0.39, 0.29) is 11.9 Å². The van der Waals surface area contributed by atoms with Crippen LogP contribution in [0.4, 0.5) is 5.69 Å². The highest BCUT2D eigenvalue weighted by Gasteiger charge is 2.21. The number of carbonyl (C=O) groups excluding carboxylic acids is 1. The van der Waals surface area contributed by atoms with Gasteiger partial charge in [-0.25, -0.2) is 4.98 Å². The minimum Gasteiger partial charge on any atom is -0.397 e. The van der Waals surface area contributed by atoms with Crippen LogP contribution in [0.3, 0.4) is 0 Å². The lowest BCUT2D eigenvalue weighted by Crippen LogP contribution is -2.26. The maximum atomic E-state index is 12.7. The number of methoxy groups -OCH3 is 1. The number of amides is 1. The monoisotopic (exact) mass is 355 g/mol. The van der Waals surface area contributed by atoms with Crippen molar-refractivity contribution in [3.8, 4) is 0 Å². The average Bonchev–Trinajstić information content (AvgIpc) is 2.92. The van der Waals surface area contributed by atoms with Gasteiger partial charge in [0.2, 0.25) is 0 Å². The Labute approximate surface area is 150 Å². The van der Waals surface area contributed by atoms with E-state index in [1.54, 1.807) is 7.11 Å². The van der Waals surface area contributed by atoms with Gasteiger partial charge in [0, 0.05) is 18.2 Å². The molecular weight excluding hydrogens is 334 g/mol. The number of thiophene rings is 1. The zero-order valence-electron chi connectivity index (χ0n) is 14.5. The summed E-state index contributed by atoms with van der Waals surface area (Å²) in [5.41, 5.74) is 9.64. The fourth-order valence-electron chi connectivity index (χ4n) is 2.86. The van der Waals surface area contributed by atoms with Crippen LogP contribution in [0, 0.1) is 6.92 Å². The van der Waals surface area contributed by atoms with Crippen LogP contribution < -0.4 is 11.1 Å². The van der Waals surface area contributed by atoms with E-state index in [1.807, 2.05) is 50.2 Å². The molecule has 1 amide bonds. The molecule has 2 aromatic heterocycles. The number of rotatable bonds is 5. The molecule has 130 valence electrons. The lowest BCUT2D eigenvalue weighted by molar-refractivity contribution is 0.0945. The van der Waals surface area contributed by atoms with Gasteiger partial charge < -0.3 is 15.8 Å². The zero-order valence-corrected chi connectivity index (χ0v) is 15.3. The number of aromatic nitrogens is 1. The predicted molar refractivity (Wildman–Crippen MR) is 102 cm³/mol. The molecule has 0 fully saturated rings. The standard InChI is InChI=1S/C19H21N3O2S/c1-11-9-14(10-24-3)15-16(20)17(25-19(15)21-11)18(23)22-12(2)13-7-5-4-6-8-13/h4-9,12H,10,20H2,1-3H3,(H,22,23)/t12-/m0/s1. The van der Waals surface area contributed by atoms with Crippen LogP contribution in [0.5, 0.6) is 0 Å². The number of hydrogen-bond donors (Lipinski definition) is 2. The van der Waals surface area contributed by atoms with Gasteiger partial charge in [-0.15, -0.1) is 11.3 Å². The molecule has 1 atom stereocenters. The number of aryl methyl sites for hydroxylation is 1. The van der Waals surface area contributed by atoms with Gasteiger partial charge in [-0.1, -0.05) is 30.3 Å². The highest BCUT2D eigenvalue weighted by Crippen LogP contribution is 2.35. The second-order valence-corrected chi connectivity index (χ2v) is 6.99. The van der Waals surface area contributed by atoms with E-state index in [2.05, 4.69) is 10.3 Å². The van der Waals surface area contributed by atoms with E-state index in [1.165, 1.54) is 11.3 Å².